The van der Waals surface area contributed by atoms with E-state index in [1.165, 1.54) is 12.0 Å². The van der Waals surface area contributed by atoms with Crippen LogP contribution in [0, 0.1) is 5.41 Å². The average Bonchev–Trinajstić information content (AvgIpc) is 3.36. The predicted molar refractivity (Wildman–Crippen MR) is 148 cm³/mol. The van der Waals surface area contributed by atoms with Crippen LogP contribution < -0.4 is 5.32 Å². The largest absolute Gasteiger partial charge is 0.480 e. The first-order valence-electron chi connectivity index (χ1n) is 14.4. The highest BCUT2D eigenvalue weighted by atomic mass is 16.5. The molecule has 5 rings (SSSR count). The lowest BCUT2D eigenvalue weighted by Gasteiger charge is -2.37. The van der Waals surface area contributed by atoms with Crippen molar-refractivity contribution in [3.05, 3.63) is 58.8 Å². The SMILES string of the molecule is CC1(C)CCO[C@H](c2ccccc2[C@H](C(=O)O)N2CC[C@@H](OCCCCc3ccc4c(n3)NCCC4)C2)C1. The molecule has 206 valence electrons. The zero-order valence-electron chi connectivity index (χ0n) is 23.0. The van der Waals surface area contributed by atoms with Gasteiger partial charge in [0.1, 0.15) is 11.9 Å². The van der Waals surface area contributed by atoms with Gasteiger partial charge in [-0.3, -0.25) is 9.69 Å². The summed E-state index contributed by atoms with van der Waals surface area (Å²) in [5.41, 5.74) is 4.53. The van der Waals surface area contributed by atoms with Crippen LogP contribution in [-0.4, -0.2) is 59.9 Å². The molecule has 7 nitrogen and oxygen atoms in total. The molecule has 4 heterocycles. The van der Waals surface area contributed by atoms with Crippen LogP contribution in [-0.2, 0) is 27.1 Å². The topological polar surface area (TPSA) is 83.9 Å². The summed E-state index contributed by atoms with van der Waals surface area (Å²) in [5, 5.41) is 13.7. The number of ether oxygens (including phenoxy) is 2. The molecule has 1 aromatic carbocycles. The van der Waals surface area contributed by atoms with Gasteiger partial charge < -0.3 is 19.9 Å². The van der Waals surface area contributed by atoms with Gasteiger partial charge >= 0.3 is 5.97 Å². The molecule has 2 aromatic rings. The summed E-state index contributed by atoms with van der Waals surface area (Å²) < 4.78 is 12.4. The van der Waals surface area contributed by atoms with Gasteiger partial charge in [0.15, 0.2) is 0 Å². The van der Waals surface area contributed by atoms with Crippen molar-refractivity contribution in [3.63, 3.8) is 0 Å². The monoisotopic (exact) mass is 521 g/mol. The second-order valence-corrected chi connectivity index (χ2v) is 11.9. The summed E-state index contributed by atoms with van der Waals surface area (Å²) in [4.78, 5) is 19.4. The van der Waals surface area contributed by atoms with Gasteiger partial charge in [-0.25, -0.2) is 4.98 Å². The Morgan fingerprint density at radius 2 is 2.13 bits per heavy atom. The number of pyridine rings is 1. The molecule has 0 unspecified atom stereocenters. The lowest BCUT2D eigenvalue weighted by Crippen LogP contribution is -2.35. The van der Waals surface area contributed by atoms with Gasteiger partial charge in [0.2, 0.25) is 0 Å². The number of aryl methyl sites for hydroxylation is 2. The quantitative estimate of drug-likeness (QED) is 0.396. The van der Waals surface area contributed by atoms with E-state index < -0.39 is 12.0 Å². The van der Waals surface area contributed by atoms with E-state index in [-0.39, 0.29) is 17.6 Å². The number of likely N-dealkylation sites (tertiary alicyclic amines) is 1. The first-order chi connectivity index (χ1) is 18.4. The van der Waals surface area contributed by atoms with E-state index in [2.05, 4.69) is 42.3 Å². The van der Waals surface area contributed by atoms with Crippen LogP contribution in [0.25, 0.3) is 0 Å². The van der Waals surface area contributed by atoms with Gasteiger partial charge in [-0.05, 0) is 79.5 Å². The van der Waals surface area contributed by atoms with Gasteiger partial charge in [-0.2, -0.15) is 0 Å². The van der Waals surface area contributed by atoms with Crippen LogP contribution in [0.2, 0.25) is 0 Å². The number of anilines is 1. The fourth-order valence-electron chi connectivity index (χ4n) is 6.17. The maximum absolute atomic E-state index is 12.5. The van der Waals surface area contributed by atoms with Crippen molar-refractivity contribution < 1.29 is 19.4 Å². The molecule has 3 aliphatic rings. The average molecular weight is 522 g/mol. The van der Waals surface area contributed by atoms with Crippen molar-refractivity contribution in [3.8, 4) is 0 Å². The van der Waals surface area contributed by atoms with Crippen LogP contribution >= 0.6 is 0 Å². The third kappa shape index (κ3) is 6.56. The van der Waals surface area contributed by atoms with E-state index in [9.17, 15) is 9.90 Å². The first kappa shape index (κ1) is 27.1. The fraction of sp³-hybridized carbons (Fsp3) is 0.613. The van der Waals surface area contributed by atoms with Crippen molar-refractivity contribution >= 4 is 11.8 Å². The molecule has 3 atom stereocenters. The number of carboxylic acids is 1. The molecule has 2 saturated heterocycles. The molecule has 2 fully saturated rings. The Labute approximate surface area is 226 Å². The minimum atomic E-state index is -0.805. The maximum atomic E-state index is 12.5. The van der Waals surface area contributed by atoms with E-state index >= 15 is 0 Å². The third-order valence-corrected chi connectivity index (χ3v) is 8.38. The Morgan fingerprint density at radius 3 is 2.97 bits per heavy atom. The van der Waals surface area contributed by atoms with E-state index in [1.54, 1.807) is 0 Å². The van der Waals surface area contributed by atoms with Crippen LogP contribution in [0.15, 0.2) is 36.4 Å². The van der Waals surface area contributed by atoms with Crippen LogP contribution in [0.4, 0.5) is 5.82 Å². The zero-order valence-corrected chi connectivity index (χ0v) is 23.0. The molecular formula is C31H43N3O4. The summed E-state index contributed by atoms with van der Waals surface area (Å²) >= 11 is 0. The third-order valence-electron chi connectivity index (χ3n) is 8.38. The number of carbonyl (C=O) groups is 1. The van der Waals surface area contributed by atoms with Crippen molar-refractivity contribution in [2.45, 2.75) is 83.5 Å². The van der Waals surface area contributed by atoms with E-state index in [0.29, 0.717) is 19.8 Å². The molecule has 38 heavy (non-hydrogen) atoms. The van der Waals surface area contributed by atoms with E-state index in [0.717, 1.165) is 80.7 Å². The molecule has 0 bridgehead atoms. The van der Waals surface area contributed by atoms with E-state index in [1.807, 2.05) is 18.2 Å². The van der Waals surface area contributed by atoms with Gasteiger partial charge in [0.05, 0.1) is 12.2 Å². The molecule has 0 aliphatic carbocycles. The van der Waals surface area contributed by atoms with Crippen molar-refractivity contribution in [2.24, 2.45) is 5.41 Å². The normalized spacial score (nSPS) is 23.9. The highest BCUT2D eigenvalue weighted by Gasteiger charge is 2.38. The Kier molecular flexibility index (Phi) is 8.66. The Morgan fingerprint density at radius 1 is 1.26 bits per heavy atom. The molecule has 3 aliphatic heterocycles. The zero-order chi connectivity index (χ0) is 26.5. The molecule has 1 aromatic heterocycles. The Balaban J connectivity index is 1.13. The van der Waals surface area contributed by atoms with Crippen LogP contribution in [0.1, 0.15) is 86.9 Å². The number of unbranched alkanes of at least 4 members (excludes halogenated alkanes) is 1. The highest BCUT2D eigenvalue weighted by Crippen LogP contribution is 2.42. The number of fused-ring (bicyclic) bond motifs is 1. The number of nitrogens with one attached hydrogen (secondary N) is 1. The summed E-state index contributed by atoms with van der Waals surface area (Å²) in [6.45, 7) is 8.31. The van der Waals surface area contributed by atoms with Crippen molar-refractivity contribution in [2.75, 3.05) is 38.2 Å². The molecule has 0 saturated carbocycles. The molecule has 2 N–H and O–H groups in total. The van der Waals surface area contributed by atoms with Crippen molar-refractivity contribution in [1.82, 2.24) is 9.88 Å². The van der Waals surface area contributed by atoms with E-state index in [4.69, 9.17) is 14.5 Å². The second kappa shape index (κ2) is 12.1. The van der Waals surface area contributed by atoms with Crippen LogP contribution in [0.5, 0.6) is 0 Å². The second-order valence-electron chi connectivity index (χ2n) is 11.9. The minimum absolute atomic E-state index is 0.0631. The number of rotatable bonds is 10. The number of aromatic nitrogens is 1. The number of nitrogens with zero attached hydrogens (tertiary/aromatic N) is 2. The molecule has 7 heteroatoms. The minimum Gasteiger partial charge on any atom is -0.480 e. The lowest BCUT2D eigenvalue weighted by molar-refractivity contribution is -0.143. The predicted octanol–water partition coefficient (Wildman–Crippen LogP) is 5.56. The Hall–Kier alpha value is -2.48. The number of benzene rings is 1. The summed E-state index contributed by atoms with van der Waals surface area (Å²) in [6, 6.07) is 11.6. The first-order valence-corrected chi connectivity index (χ1v) is 14.4. The van der Waals surface area contributed by atoms with Gasteiger partial charge in [0.25, 0.3) is 0 Å². The number of carboxylic acid groups (broad SMARTS) is 1. The Bertz CT molecular complexity index is 1100. The summed E-state index contributed by atoms with van der Waals surface area (Å²) in [6.07, 6.45) is 8.05. The standard InChI is InChI=1S/C31H43N3O4/c1-31(2)15-19-38-27(20-31)25-10-3-4-11-26(25)28(30(35)36)34-17-14-24(21-34)37-18-6-5-9-23-13-12-22-8-7-16-32-29(22)33-23/h3-4,10-13,24,27-28H,5-9,14-21H2,1-2H3,(H,32,33)(H,35,36)/t24-,27+,28-/m1/s1. The highest BCUT2D eigenvalue weighted by molar-refractivity contribution is 5.76. The number of aliphatic carboxylic acids is 1. The van der Waals surface area contributed by atoms with Gasteiger partial charge in [-0.1, -0.05) is 44.2 Å². The lowest BCUT2D eigenvalue weighted by atomic mass is 9.79. The molecule has 0 radical (unpaired) electrons. The molecule has 0 amide bonds. The number of hydrogen-bond donors (Lipinski definition) is 2. The van der Waals surface area contributed by atoms with Gasteiger partial charge in [0, 0.05) is 38.5 Å². The van der Waals surface area contributed by atoms with Crippen LogP contribution in [0.3, 0.4) is 0 Å². The maximum Gasteiger partial charge on any atom is 0.325 e. The smallest absolute Gasteiger partial charge is 0.325 e. The van der Waals surface area contributed by atoms with Gasteiger partial charge in [-0.15, -0.1) is 0 Å². The molecular weight excluding hydrogens is 478 g/mol. The fourth-order valence-corrected chi connectivity index (χ4v) is 6.17. The molecule has 0 spiro atoms. The number of hydrogen-bond acceptors (Lipinski definition) is 6. The summed E-state index contributed by atoms with van der Waals surface area (Å²) in [7, 11) is 0. The summed E-state index contributed by atoms with van der Waals surface area (Å²) in [5.74, 6) is 0.254. The van der Waals surface area contributed by atoms with Crippen molar-refractivity contribution in [1.29, 1.82) is 0 Å².